The third-order valence-corrected chi connectivity index (χ3v) is 9.64. The van der Waals surface area contributed by atoms with Crippen molar-refractivity contribution in [1.29, 1.82) is 0 Å². The molecule has 228 valence electrons. The maximum absolute atomic E-state index is 14.0. The van der Waals surface area contributed by atoms with Crippen molar-refractivity contribution >= 4 is 23.4 Å². The number of methoxy groups -OCH3 is 1. The predicted molar refractivity (Wildman–Crippen MR) is 165 cm³/mol. The molecule has 2 amide bonds. The van der Waals surface area contributed by atoms with Crippen molar-refractivity contribution in [2.75, 3.05) is 39.8 Å². The average Bonchev–Trinajstić information content (AvgIpc) is 3.76. The van der Waals surface area contributed by atoms with Gasteiger partial charge in [-0.05, 0) is 103 Å². The molecule has 2 saturated heterocycles. The molecule has 0 aliphatic carbocycles. The van der Waals surface area contributed by atoms with Gasteiger partial charge in [0, 0.05) is 35.9 Å². The number of rotatable bonds is 9. The molecular weight excluding hydrogens is 580 g/mol. The summed E-state index contributed by atoms with van der Waals surface area (Å²) in [5.74, 6) is 0.0818. The first-order chi connectivity index (χ1) is 21.3. The van der Waals surface area contributed by atoms with Gasteiger partial charge in [0.05, 0.1) is 23.8 Å². The van der Waals surface area contributed by atoms with Crippen molar-refractivity contribution in [3.63, 3.8) is 0 Å². The highest BCUT2D eigenvalue weighted by molar-refractivity contribution is 6.30. The number of primary amides is 1. The number of tetrazole rings is 1. The van der Waals surface area contributed by atoms with E-state index in [1.165, 1.54) is 11.0 Å². The summed E-state index contributed by atoms with van der Waals surface area (Å²) in [6.07, 6.45) is 7.85. The van der Waals surface area contributed by atoms with E-state index in [1.807, 2.05) is 41.3 Å². The fourth-order valence-corrected chi connectivity index (χ4v) is 6.95. The van der Waals surface area contributed by atoms with Crippen molar-refractivity contribution in [3.05, 3.63) is 95.0 Å². The number of benzene rings is 2. The number of hydrogen-bond donors (Lipinski definition) is 1. The smallest absolute Gasteiger partial charge is 0.257 e. The van der Waals surface area contributed by atoms with Gasteiger partial charge in [0.15, 0.2) is 0 Å². The second-order valence-electron chi connectivity index (χ2n) is 11.7. The van der Waals surface area contributed by atoms with Crippen molar-refractivity contribution in [2.45, 2.75) is 36.5 Å². The van der Waals surface area contributed by atoms with Crippen LogP contribution in [-0.4, -0.2) is 86.6 Å². The molecule has 44 heavy (non-hydrogen) atoms. The SMILES string of the molecule is COc1ccc(-n2cnnn2)cc1C(=O)N1CCC(CCN2CCC(C(N)=O)(c3cccnc3)CC2)(c2cccc(Cl)c2)C1. The van der Waals surface area contributed by atoms with E-state index >= 15 is 0 Å². The van der Waals surface area contributed by atoms with Gasteiger partial charge in [-0.15, -0.1) is 5.10 Å². The molecule has 1 atom stereocenters. The molecule has 2 aliphatic heterocycles. The Morgan fingerprint density at radius 1 is 1.02 bits per heavy atom. The Morgan fingerprint density at radius 3 is 2.52 bits per heavy atom. The summed E-state index contributed by atoms with van der Waals surface area (Å²) in [6, 6.07) is 17.1. The lowest BCUT2D eigenvalue weighted by Gasteiger charge is -2.41. The largest absolute Gasteiger partial charge is 0.496 e. The van der Waals surface area contributed by atoms with E-state index in [9.17, 15) is 9.59 Å². The van der Waals surface area contributed by atoms with Crippen LogP contribution in [0.2, 0.25) is 5.02 Å². The Morgan fingerprint density at radius 2 is 1.84 bits per heavy atom. The van der Waals surface area contributed by atoms with Crippen molar-refractivity contribution in [3.8, 4) is 11.4 Å². The predicted octanol–water partition coefficient (Wildman–Crippen LogP) is 3.41. The first-order valence-corrected chi connectivity index (χ1v) is 15.1. The molecule has 0 saturated carbocycles. The molecule has 11 nitrogen and oxygen atoms in total. The number of aromatic nitrogens is 5. The molecular formula is C32H35ClN8O3. The summed E-state index contributed by atoms with van der Waals surface area (Å²) in [5.41, 5.74) is 8.09. The molecule has 2 fully saturated rings. The van der Waals surface area contributed by atoms with E-state index < -0.39 is 5.41 Å². The lowest BCUT2D eigenvalue weighted by Crippen LogP contribution is -2.50. The number of carbonyl (C=O) groups is 2. The summed E-state index contributed by atoms with van der Waals surface area (Å²) in [5, 5.41) is 12.0. The standard InChI is InChI=1S/C32H35ClN8O3/c1-44-28-8-7-26(41-22-36-37-38-41)19-27(28)29(42)40-17-10-31(21-40,23-4-2-6-25(33)18-23)9-14-39-15-11-32(12-16-39,30(34)43)24-5-3-13-35-20-24/h2-8,13,18-20,22H,9-12,14-17,21H2,1H3,(H2,34,43). The van der Waals surface area contributed by atoms with Crippen LogP contribution in [0.15, 0.2) is 73.3 Å². The van der Waals surface area contributed by atoms with Gasteiger partial charge >= 0.3 is 0 Å². The molecule has 2 aliphatic rings. The second kappa shape index (κ2) is 12.3. The number of ether oxygens (including phenoxy) is 1. The topological polar surface area (TPSA) is 132 Å². The summed E-state index contributed by atoms with van der Waals surface area (Å²) >= 11 is 6.48. The van der Waals surface area contributed by atoms with Crippen molar-refractivity contribution in [2.24, 2.45) is 5.73 Å². The van der Waals surface area contributed by atoms with Crippen LogP contribution in [0.25, 0.3) is 5.69 Å². The summed E-state index contributed by atoms with van der Waals surface area (Å²) in [4.78, 5) is 35.2. The highest BCUT2D eigenvalue weighted by atomic mass is 35.5. The lowest BCUT2D eigenvalue weighted by molar-refractivity contribution is -0.125. The normalized spacial score (nSPS) is 20.0. The van der Waals surface area contributed by atoms with Crippen LogP contribution in [0.4, 0.5) is 0 Å². The van der Waals surface area contributed by atoms with E-state index in [-0.39, 0.29) is 17.2 Å². The highest BCUT2D eigenvalue weighted by Crippen LogP contribution is 2.41. The fourth-order valence-electron chi connectivity index (χ4n) is 6.76. The molecule has 0 spiro atoms. The Labute approximate surface area is 261 Å². The summed E-state index contributed by atoms with van der Waals surface area (Å²) in [6.45, 7) is 3.43. The minimum Gasteiger partial charge on any atom is -0.496 e. The number of carbonyl (C=O) groups excluding carboxylic acids is 2. The minimum absolute atomic E-state index is 0.110. The molecule has 2 aromatic carbocycles. The Hall–Kier alpha value is -4.35. The number of nitrogens with zero attached hydrogens (tertiary/aromatic N) is 7. The first kappa shape index (κ1) is 29.7. The van der Waals surface area contributed by atoms with Crippen LogP contribution < -0.4 is 10.5 Å². The third kappa shape index (κ3) is 5.65. The Kier molecular flexibility index (Phi) is 8.33. The zero-order chi connectivity index (χ0) is 30.7. The first-order valence-electron chi connectivity index (χ1n) is 14.7. The van der Waals surface area contributed by atoms with Gasteiger partial charge in [-0.1, -0.05) is 29.8 Å². The van der Waals surface area contributed by atoms with Crippen LogP contribution >= 0.6 is 11.6 Å². The molecule has 4 aromatic rings. The third-order valence-electron chi connectivity index (χ3n) is 9.41. The van der Waals surface area contributed by atoms with Gasteiger partial charge in [-0.25, -0.2) is 4.68 Å². The summed E-state index contributed by atoms with van der Waals surface area (Å²) in [7, 11) is 1.56. The molecule has 12 heteroatoms. The fraction of sp³-hybridized carbons (Fsp3) is 0.375. The highest BCUT2D eigenvalue weighted by Gasteiger charge is 2.44. The molecule has 0 bridgehead atoms. The number of nitrogens with two attached hydrogens (primary N) is 1. The van der Waals surface area contributed by atoms with E-state index in [4.69, 9.17) is 22.1 Å². The molecule has 6 rings (SSSR count). The van der Waals surface area contributed by atoms with Crippen LogP contribution in [-0.2, 0) is 15.6 Å². The number of amides is 2. The number of piperidine rings is 1. The van der Waals surface area contributed by atoms with Gasteiger partial charge in [0.2, 0.25) is 5.91 Å². The summed E-state index contributed by atoms with van der Waals surface area (Å²) < 4.78 is 7.08. The molecule has 0 radical (unpaired) electrons. The quantitative estimate of drug-likeness (QED) is 0.303. The molecule has 2 aromatic heterocycles. The maximum Gasteiger partial charge on any atom is 0.257 e. The average molecular weight is 615 g/mol. The van der Waals surface area contributed by atoms with E-state index in [1.54, 1.807) is 31.6 Å². The lowest BCUT2D eigenvalue weighted by atomic mass is 9.72. The maximum atomic E-state index is 14.0. The van der Waals surface area contributed by atoms with Gasteiger partial charge < -0.3 is 20.3 Å². The van der Waals surface area contributed by atoms with Crippen LogP contribution in [0, 0.1) is 0 Å². The Bertz CT molecular complexity index is 1630. The minimum atomic E-state index is -0.706. The van der Waals surface area contributed by atoms with Crippen LogP contribution in [0.1, 0.15) is 47.2 Å². The number of pyridine rings is 1. The zero-order valence-electron chi connectivity index (χ0n) is 24.6. The van der Waals surface area contributed by atoms with E-state index in [2.05, 4.69) is 31.5 Å². The van der Waals surface area contributed by atoms with Crippen molar-refractivity contribution < 1.29 is 14.3 Å². The van der Waals surface area contributed by atoms with Crippen LogP contribution in [0.5, 0.6) is 5.75 Å². The number of halogens is 1. The monoisotopic (exact) mass is 614 g/mol. The van der Waals surface area contributed by atoms with Gasteiger partial charge in [0.1, 0.15) is 12.1 Å². The second-order valence-corrected chi connectivity index (χ2v) is 12.1. The van der Waals surface area contributed by atoms with E-state index in [0.717, 1.165) is 43.6 Å². The molecule has 2 N–H and O–H groups in total. The zero-order valence-corrected chi connectivity index (χ0v) is 25.4. The van der Waals surface area contributed by atoms with Crippen molar-refractivity contribution in [1.82, 2.24) is 35.0 Å². The van der Waals surface area contributed by atoms with Crippen LogP contribution in [0.3, 0.4) is 0 Å². The van der Waals surface area contributed by atoms with Gasteiger partial charge in [0.25, 0.3) is 5.91 Å². The molecule has 1 unspecified atom stereocenters. The number of hydrogen-bond acceptors (Lipinski definition) is 8. The number of likely N-dealkylation sites (tertiary alicyclic amines) is 2. The molecule has 4 heterocycles. The Balaban J connectivity index is 1.21. The van der Waals surface area contributed by atoms with Gasteiger partial charge in [-0.2, -0.15) is 0 Å². The van der Waals surface area contributed by atoms with Gasteiger partial charge in [-0.3, -0.25) is 14.6 Å². The van der Waals surface area contributed by atoms with E-state index in [0.29, 0.717) is 48.0 Å².